The average molecular weight is 355 g/mol. The standard InChI is InChI=1S/C17H17N5O2S/c23-22(24)14-7-5-12(6-8-14)9-25-17-15-16(18-10-19-17)21(11-20-15)13-3-1-2-4-13/h5-8,10-11,13H,1-4,9H2. The van der Waals surface area contributed by atoms with E-state index >= 15 is 0 Å². The van der Waals surface area contributed by atoms with E-state index in [0.717, 1.165) is 21.8 Å². The van der Waals surface area contributed by atoms with E-state index in [0.29, 0.717) is 11.8 Å². The summed E-state index contributed by atoms with van der Waals surface area (Å²) in [5.74, 6) is 0.681. The van der Waals surface area contributed by atoms with E-state index in [1.165, 1.54) is 37.8 Å². The van der Waals surface area contributed by atoms with Gasteiger partial charge in [-0.1, -0.05) is 36.7 Å². The van der Waals surface area contributed by atoms with Gasteiger partial charge in [0.05, 0.1) is 11.3 Å². The molecule has 1 aliphatic rings. The van der Waals surface area contributed by atoms with Crippen LogP contribution in [0.2, 0.25) is 0 Å². The van der Waals surface area contributed by atoms with Gasteiger partial charge in [-0.2, -0.15) is 0 Å². The van der Waals surface area contributed by atoms with Crippen LogP contribution in [0.15, 0.2) is 41.9 Å². The third kappa shape index (κ3) is 3.21. The Kier molecular flexibility index (Phi) is 4.35. The van der Waals surface area contributed by atoms with Gasteiger partial charge >= 0.3 is 0 Å². The van der Waals surface area contributed by atoms with Crippen molar-refractivity contribution in [2.75, 3.05) is 0 Å². The molecule has 25 heavy (non-hydrogen) atoms. The van der Waals surface area contributed by atoms with Crippen LogP contribution in [-0.2, 0) is 5.75 Å². The summed E-state index contributed by atoms with van der Waals surface area (Å²) in [6.07, 6.45) is 8.36. The topological polar surface area (TPSA) is 86.7 Å². The molecule has 0 amide bonds. The van der Waals surface area contributed by atoms with Crippen LogP contribution in [0.25, 0.3) is 11.2 Å². The average Bonchev–Trinajstić information content (AvgIpc) is 3.29. The van der Waals surface area contributed by atoms with Gasteiger partial charge in [0.1, 0.15) is 16.9 Å². The fraction of sp³-hybridized carbons (Fsp3) is 0.353. The molecule has 3 aromatic rings. The second kappa shape index (κ2) is 6.79. The first-order chi connectivity index (χ1) is 12.2. The lowest BCUT2D eigenvalue weighted by molar-refractivity contribution is -0.384. The third-order valence-electron chi connectivity index (χ3n) is 4.57. The molecule has 0 saturated heterocycles. The van der Waals surface area contributed by atoms with Crippen LogP contribution in [0, 0.1) is 10.1 Å². The van der Waals surface area contributed by atoms with Gasteiger partial charge in [-0.25, -0.2) is 15.0 Å². The summed E-state index contributed by atoms with van der Waals surface area (Å²) in [7, 11) is 0. The predicted octanol–water partition coefficient (Wildman–Crippen LogP) is 4.14. The number of hydrogen-bond acceptors (Lipinski definition) is 6. The Balaban J connectivity index is 1.54. The highest BCUT2D eigenvalue weighted by molar-refractivity contribution is 7.98. The summed E-state index contributed by atoms with van der Waals surface area (Å²) in [4.78, 5) is 23.7. The van der Waals surface area contributed by atoms with Crippen molar-refractivity contribution in [2.24, 2.45) is 0 Å². The minimum atomic E-state index is -0.388. The fourth-order valence-electron chi connectivity index (χ4n) is 3.25. The van der Waals surface area contributed by atoms with Crippen LogP contribution in [0.4, 0.5) is 5.69 Å². The number of nitro groups is 1. The van der Waals surface area contributed by atoms with Crippen LogP contribution < -0.4 is 0 Å². The Morgan fingerprint density at radius 3 is 2.64 bits per heavy atom. The predicted molar refractivity (Wildman–Crippen MR) is 95.5 cm³/mol. The molecule has 128 valence electrons. The van der Waals surface area contributed by atoms with E-state index in [2.05, 4.69) is 19.5 Å². The van der Waals surface area contributed by atoms with E-state index < -0.39 is 0 Å². The lowest BCUT2D eigenvalue weighted by atomic mass is 10.2. The minimum absolute atomic E-state index is 0.105. The SMILES string of the molecule is O=[N+]([O-])c1ccc(CSc2ncnc3c2ncn3C2CCCC2)cc1. The second-order valence-corrected chi connectivity index (χ2v) is 7.12. The lowest BCUT2D eigenvalue weighted by Crippen LogP contribution is -2.04. The molecule has 0 bridgehead atoms. The summed E-state index contributed by atoms with van der Waals surface area (Å²) in [6.45, 7) is 0. The zero-order valence-corrected chi connectivity index (χ0v) is 14.4. The van der Waals surface area contributed by atoms with Crippen molar-refractivity contribution >= 4 is 28.6 Å². The van der Waals surface area contributed by atoms with Crippen molar-refractivity contribution in [3.63, 3.8) is 0 Å². The van der Waals surface area contributed by atoms with E-state index in [1.807, 2.05) is 6.33 Å². The number of fused-ring (bicyclic) bond motifs is 1. The van der Waals surface area contributed by atoms with Crippen molar-refractivity contribution < 1.29 is 4.92 Å². The van der Waals surface area contributed by atoms with Gasteiger partial charge in [0.2, 0.25) is 0 Å². The molecule has 2 aromatic heterocycles. The maximum absolute atomic E-state index is 10.7. The van der Waals surface area contributed by atoms with Crippen LogP contribution in [0.3, 0.4) is 0 Å². The zero-order valence-electron chi connectivity index (χ0n) is 13.5. The Bertz CT molecular complexity index is 903. The molecular weight excluding hydrogens is 338 g/mol. The quantitative estimate of drug-likeness (QED) is 0.296. The Morgan fingerprint density at radius 1 is 1.16 bits per heavy atom. The normalized spacial score (nSPS) is 15.0. The maximum atomic E-state index is 10.7. The monoisotopic (exact) mass is 355 g/mol. The maximum Gasteiger partial charge on any atom is 0.269 e. The van der Waals surface area contributed by atoms with E-state index in [4.69, 9.17) is 0 Å². The van der Waals surface area contributed by atoms with E-state index in [9.17, 15) is 10.1 Å². The minimum Gasteiger partial charge on any atom is -0.312 e. The number of nitro benzene ring substituents is 1. The fourth-order valence-corrected chi connectivity index (χ4v) is 4.15. The van der Waals surface area contributed by atoms with Gasteiger partial charge in [0.25, 0.3) is 5.69 Å². The van der Waals surface area contributed by atoms with Crippen LogP contribution in [-0.4, -0.2) is 24.4 Å². The highest BCUT2D eigenvalue weighted by Crippen LogP contribution is 2.33. The summed E-state index contributed by atoms with van der Waals surface area (Å²) in [5.41, 5.74) is 2.85. The number of thioether (sulfide) groups is 1. The molecule has 0 N–H and O–H groups in total. The summed E-state index contributed by atoms with van der Waals surface area (Å²) in [5, 5.41) is 11.6. The van der Waals surface area contributed by atoms with Crippen LogP contribution >= 0.6 is 11.8 Å². The lowest BCUT2D eigenvalue weighted by Gasteiger charge is -2.11. The highest BCUT2D eigenvalue weighted by Gasteiger charge is 2.20. The molecule has 1 aliphatic carbocycles. The second-order valence-electron chi connectivity index (χ2n) is 6.15. The van der Waals surface area contributed by atoms with Crippen molar-refractivity contribution in [1.82, 2.24) is 19.5 Å². The Morgan fingerprint density at radius 2 is 1.92 bits per heavy atom. The van der Waals surface area contributed by atoms with Gasteiger partial charge in [-0.05, 0) is 18.4 Å². The molecule has 0 spiro atoms. The van der Waals surface area contributed by atoms with Crippen LogP contribution in [0.1, 0.15) is 37.3 Å². The molecular formula is C17H17N5O2S. The van der Waals surface area contributed by atoms with Gasteiger partial charge in [0, 0.05) is 23.9 Å². The number of aromatic nitrogens is 4. The number of imidazole rings is 1. The van der Waals surface area contributed by atoms with Gasteiger partial charge < -0.3 is 4.57 Å². The van der Waals surface area contributed by atoms with E-state index in [-0.39, 0.29) is 10.6 Å². The highest BCUT2D eigenvalue weighted by atomic mass is 32.2. The zero-order chi connectivity index (χ0) is 17.2. The third-order valence-corrected chi connectivity index (χ3v) is 5.62. The Hall–Kier alpha value is -2.48. The number of benzene rings is 1. The van der Waals surface area contributed by atoms with Crippen molar-refractivity contribution in [1.29, 1.82) is 0 Å². The van der Waals surface area contributed by atoms with Crippen LogP contribution in [0.5, 0.6) is 0 Å². The molecule has 0 unspecified atom stereocenters. The molecule has 4 rings (SSSR count). The largest absolute Gasteiger partial charge is 0.312 e. The van der Waals surface area contributed by atoms with Crippen molar-refractivity contribution in [3.05, 3.63) is 52.6 Å². The smallest absolute Gasteiger partial charge is 0.269 e. The molecule has 8 heteroatoms. The molecule has 1 saturated carbocycles. The van der Waals surface area contributed by atoms with Gasteiger partial charge in [-0.3, -0.25) is 10.1 Å². The number of non-ortho nitro benzene ring substituents is 1. The summed E-state index contributed by atoms with van der Waals surface area (Å²) < 4.78 is 2.18. The molecule has 2 heterocycles. The molecule has 0 radical (unpaired) electrons. The molecule has 1 fully saturated rings. The number of nitrogens with zero attached hydrogens (tertiary/aromatic N) is 5. The first kappa shape index (κ1) is 16.0. The molecule has 0 aliphatic heterocycles. The summed E-state index contributed by atoms with van der Waals surface area (Å²) >= 11 is 1.58. The molecule has 0 atom stereocenters. The number of hydrogen-bond donors (Lipinski definition) is 0. The summed E-state index contributed by atoms with van der Waals surface area (Å²) in [6, 6.07) is 7.11. The van der Waals surface area contributed by atoms with Gasteiger partial charge in [0.15, 0.2) is 5.65 Å². The molecule has 7 nitrogen and oxygen atoms in total. The number of rotatable bonds is 5. The Labute approximate surface area is 148 Å². The van der Waals surface area contributed by atoms with Crippen molar-refractivity contribution in [3.8, 4) is 0 Å². The van der Waals surface area contributed by atoms with E-state index in [1.54, 1.807) is 30.2 Å². The van der Waals surface area contributed by atoms with Crippen molar-refractivity contribution in [2.45, 2.75) is 42.5 Å². The van der Waals surface area contributed by atoms with Gasteiger partial charge in [-0.15, -0.1) is 0 Å². The first-order valence-corrected chi connectivity index (χ1v) is 9.24. The molecule has 1 aromatic carbocycles. The first-order valence-electron chi connectivity index (χ1n) is 8.26.